The summed E-state index contributed by atoms with van der Waals surface area (Å²) in [5.41, 5.74) is 6.04. The maximum atomic E-state index is 6.04. The van der Waals surface area contributed by atoms with Crippen molar-refractivity contribution in [3.63, 3.8) is 0 Å². The second kappa shape index (κ2) is 4.24. The molecule has 0 saturated carbocycles. The van der Waals surface area contributed by atoms with Gasteiger partial charge in [0, 0.05) is 31.6 Å². The number of nitrogens with zero attached hydrogens (tertiary/aromatic N) is 1. The van der Waals surface area contributed by atoms with Gasteiger partial charge in [-0.2, -0.15) is 0 Å². The molecule has 2 aliphatic rings. The number of nitrogens with two attached hydrogens (primary N) is 1. The summed E-state index contributed by atoms with van der Waals surface area (Å²) in [6.07, 6.45) is 4.84. The lowest BCUT2D eigenvalue weighted by atomic mass is 9.81. The van der Waals surface area contributed by atoms with Crippen LogP contribution >= 0.6 is 0 Å². The van der Waals surface area contributed by atoms with Crippen LogP contribution in [0.4, 0.5) is 0 Å². The van der Waals surface area contributed by atoms with E-state index in [0.29, 0.717) is 17.9 Å². The first-order valence-electron chi connectivity index (χ1n) is 5.33. The van der Waals surface area contributed by atoms with Crippen LogP contribution in [0.3, 0.4) is 0 Å². The lowest BCUT2D eigenvalue weighted by Gasteiger charge is -2.36. The van der Waals surface area contributed by atoms with Crippen LogP contribution < -0.4 is 21.0 Å². The second-order valence-electron chi connectivity index (χ2n) is 4.30. The van der Waals surface area contributed by atoms with E-state index >= 15 is 0 Å². The van der Waals surface area contributed by atoms with Crippen molar-refractivity contribution in [2.24, 2.45) is 17.6 Å². The first-order chi connectivity index (χ1) is 6.79. The summed E-state index contributed by atoms with van der Waals surface area (Å²) in [4.78, 5) is 0. The van der Waals surface area contributed by atoms with Gasteiger partial charge in [-0.15, -0.1) is 4.67 Å². The molecule has 78 valence electrons. The van der Waals surface area contributed by atoms with E-state index in [2.05, 4.69) is 22.2 Å². The average Bonchev–Trinajstić information content (AvgIpc) is 2.20. The van der Waals surface area contributed by atoms with Crippen LogP contribution in [0.1, 0.15) is 13.3 Å². The third-order valence-electron chi connectivity index (χ3n) is 3.24. The van der Waals surface area contributed by atoms with Crippen LogP contribution in [-0.2, 0) is 0 Å². The summed E-state index contributed by atoms with van der Waals surface area (Å²) in [7, 11) is 0. The molecule has 1 fully saturated rings. The summed E-state index contributed by atoms with van der Waals surface area (Å²) >= 11 is 0. The van der Waals surface area contributed by atoms with Crippen molar-refractivity contribution >= 4 is 12.4 Å². The largest absolute Gasteiger partial charge is 0.318 e. The molecule has 1 saturated heterocycles. The molecule has 0 spiro atoms. The summed E-state index contributed by atoms with van der Waals surface area (Å²) in [5, 5.41) is 6.82. The molecule has 4 N–H and O–H groups in total. The SMILES string of the molecule is CC1CNCNC1C1CC=[N+]=CC1N. The van der Waals surface area contributed by atoms with Gasteiger partial charge in [-0.05, 0) is 5.92 Å². The van der Waals surface area contributed by atoms with Gasteiger partial charge >= 0.3 is 0 Å². The van der Waals surface area contributed by atoms with Crippen molar-refractivity contribution in [3.05, 3.63) is 0 Å². The van der Waals surface area contributed by atoms with Gasteiger partial charge in [-0.3, -0.25) is 0 Å². The Hall–Kier alpha value is -0.670. The van der Waals surface area contributed by atoms with Gasteiger partial charge in [0.2, 0.25) is 0 Å². The van der Waals surface area contributed by atoms with E-state index in [1.807, 2.05) is 12.4 Å². The molecule has 2 rings (SSSR count). The molecule has 0 aromatic rings. The molecule has 4 nitrogen and oxygen atoms in total. The molecule has 0 bridgehead atoms. The third kappa shape index (κ3) is 1.88. The summed E-state index contributed by atoms with van der Waals surface area (Å²) in [6.45, 7) is 4.25. The van der Waals surface area contributed by atoms with E-state index in [0.717, 1.165) is 19.6 Å². The fraction of sp³-hybridized carbons (Fsp3) is 0.800. The van der Waals surface area contributed by atoms with E-state index in [-0.39, 0.29) is 6.04 Å². The van der Waals surface area contributed by atoms with Gasteiger partial charge in [0.15, 0.2) is 0 Å². The predicted molar refractivity (Wildman–Crippen MR) is 59.3 cm³/mol. The minimum Gasteiger partial charge on any atom is -0.318 e. The molecule has 0 aliphatic carbocycles. The summed E-state index contributed by atoms with van der Waals surface area (Å²) in [5.74, 6) is 1.14. The second-order valence-corrected chi connectivity index (χ2v) is 4.30. The number of hydrogen-bond donors (Lipinski definition) is 3. The highest BCUT2D eigenvalue weighted by atomic mass is 15.1. The monoisotopic (exact) mass is 195 g/mol. The highest BCUT2D eigenvalue weighted by Crippen LogP contribution is 2.20. The summed E-state index contributed by atoms with van der Waals surface area (Å²) in [6, 6.07) is 0.632. The Morgan fingerprint density at radius 3 is 3.07 bits per heavy atom. The van der Waals surface area contributed by atoms with Gasteiger partial charge in [0.05, 0.1) is 0 Å². The van der Waals surface area contributed by atoms with Gasteiger partial charge in [-0.25, -0.2) is 0 Å². The van der Waals surface area contributed by atoms with Crippen LogP contribution in [0.2, 0.25) is 0 Å². The number of rotatable bonds is 1. The zero-order valence-electron chi connectivity index (χ0n) is 8.61. The van der Waals surface area contributed by atoms with Crippen LogP contribution in [0.15, 0.2) is 0 Å². The molecule has 2 heterocycles. The first kappa shape index (κ1) is 9.87. The van der Waals surface area contributed by atoms with Gasteiger partial charge in [-0.1, -0.05) is 6.92 Å². The molecular weight excluding hydrogens is 176 g/mol. The van der Waals surface area contributed by atoms with Gasteiger partial charge < -0.3 is 16.4 Å². The smallest absolute Gasteiger partial charge is 0.285 e. The summed E-state index contributed by atoms with van der Waals surface area (Å²) < 4.78 is 4.11. The van der Waals surface area contributed by atoms with E-state index in [4.69, 9.17) is 5.73 Å². The predicted octanol–water partition coefficient (Wildman–Crippen LogP) is -1.30. The van der Waals surface area contributed by atoms with E-state index in [1.54, 1.807) is 0 Å². The van der Waals surface area contributed by atoms with E-state index in [1.165, 1.54) is 0 Å². The Balaban J connectivity index is 2.03. The van der Waals surface area contributed by atoms with E-state index in [9.17, 15) is 0 Å². The first-order valence-corrected chi connectivity index (χ1v) is 5.33. The molecule has 2 aliphatic heterocycles. The highest BCUT2D eigenvalue weighted by Gasteiger charge is 2.35. The van der Waals surface area contributed by atoms with Crippen molar-refractivity contribution in [1.29, 1.82) is 0 Å². The zero-order chi connectivity index (χ0) is 9.97. The molecule has 0 aromatic carbocycles. The fourth-order valence-corrected chi connectivity index (χ4v) is 2.39. The van der Waals surface area contributed by atoms with Gasteiger partial charge in [0.25, 0.3) is 12.4 Å². The Kier molecular flexibility index (Phi) is 2.99. The van der Waals surface area contributed by atoms with Crippen molar-refractivity contribution < 1.29 is 0 Å². The molecule has 4 atom stereocenters. The van der Waals surface area contributed by atoms with Gasteiger partial charge in [0.1, 0.15) is 6.04 Å². The van der Waals surface area contributed by atoms with Crippen LogP contribution in [-0.4, -0.2) is 37.7 Å². The molecule has 0 amide bonds. The lowest BCUT2D eigenvalue weighted by Crippen LogP contribution is -2.58. The normalized spacial score (nSPS) is 42.7. The quantitative estimate of drug-likeness (QED) is 0.456. The molecule has 4 unspecified atom stereocenters. The minimum absolute atomic E-state index is 0.109. The van der Waals surface area contributed by atoms with Crippen molar-refractivity contribution in [1.82, 2.24) is 15.3 Å². The molecule has 0 radical (unpaired) electrons. The molecular formula is C10H19N4+. The lowest BCUT2D eigenvalue weighted by molar-refractivity contribution is 0.217. The highest BCUT2D eigenvalue weighted by molar-refractivity contribution is 5.74. The Morgan fingerprint density at radius 2 is 2.36 bits per heavy atom. The van der Waals surface area contributed by atoms with Crippen molar-refractivity contribution in [2.45, 2.75) is 25.4 Å². The standard InChI is InChI=1S/C10H19N4/c1-7-4-13-6-14-10(7)8-2-3-12-5-9(8)11/h3,5,7-10,13-14H,2,4,6,11H2,1H3/q+1. The van der Waals surface area contributed by atoms with Crippen LogP contribution in [0, 0.1) is 11.8 Å². The van der Waals surface area contributed by atoms with Crippen LogP contribution in [0.25, 0.3) is 0 Å². The topological polar surface area (TPSA) is 64.2 Å². The van der Waals surface area contributed by atoms with Crippen molar-refractivity contribution in [3.8, 4) is 0 Å². The molecule has 4 heteroatoms. The maximum Gasteiger partial charge on any atom is 0.285 e. The van der Waals surface area contributed by atoms with Crippen molar-refractivity contribution in [2.75, 3.05) is 13.2 Å². The zero-order valence-corrected chi connectivity index (χ0v) is 8.61. The van der Waals surface area contributed by atoms with E-state index < -0.39 is 0 Å². The maximum absolute atomic E-state index is 6.04. The Labute approximate surface area is 84.7 Å². The fourth-order valence-electron chi connectivity index (χ4n) is 2.39. The van der Waals surface area contributed by atoms with Crippen LogP contribution in [0.5, 0.6) is 0 Å². The number of hydrogen-bond acceptors (Lipinski definition) is 3. The molecule has 14 heavy (non-hydrogen) atoms. The minimum atomic E-state index is 0.109. The molecule has 0 aromatic heterocycles. The Bertz CT molecular complexity index is 257. The third-order valence-corrected chi connectivity index (χ3v) is 3.24. The number of nitrogens with one attached hydrogen (secondary N) is 2. The Morgan fingerprint density at radius 1 is 1.50 bits per heavy atom. The average molecular weight is 195 g/mol.